The Morgan fingerprint density at radius 1 is 1.15 bits per heavy atom. The van der Waals surface area contributed by atoms with E-state index >= 15 is 0 Å². The van der Waals surface area contributed by atoms with Gasteiger partial charge in [-0.1, -0.05) is 24.3 Å². The van der Waals surface area contributed by atoms with E-state index in [1.165, 1.54) is 6.07 Å². The smallest absolute Gasteiger partial charge is 0.190 e. The lowest BCUT2D eigenvalue weighted by Gasteiger charge is -2.12. The van der Waals surface area contributed by atoms with Crippen molar-refractivity contribution in [3.8, 4) is 11.8 Å². The molecule has 0 bridgehead atoms. The Balaban J connectivity index is 0.00000385. The first-order valence-corrected chi connectivity index (χ1v) is 10.6. The van der Waals surface area contributed by atoms with Crippen LogP contribution in [0.15, 0.2) is 53.5 Å². The summed E-state index contributed by atoms with van der Waals surface area (Å²) >= 11 is 0. The first kappa shape index (κ1) is 26.1. The van der Waals surface area contributed by atoms with Crippen LogP contribution in [0.25, 0.3) is 5.69 Å². The largest absolute Gasteiger partial charge is 0.382 e. The van der Waals surface area contributed by atoms with Gasteiger partial charge in [-0.05, 0) is 61.6 Å². The number of nitrogens with one attached hydrogen (secondary N) is 2. The molecule has 0 fully saturated rings. The van der Waals surface area contributed by atoms with Gasteiger partial charge in [0.15, 0.2) is 5.96 Å². The second-order valence-electron chi connectivity index (χ2n) is 7.42. The van der Waals surface area contributed by atoms with Gasteiger partial charge >= 0.3 is 0 Å². The molecule has 0 amide bonds. The van der Waals surface area contributed by atoms with E-state index in [0.717, 1.165) is 29.7 Å². The van der Waals surface area contributed by atoms with Crippen LogP contribution in [-0.4, -0.2) is 35.9 Å². The van der Waals surface area contributed by atoms with E-state index in [2.05, 4.69) is 26.8 Å². The number of nitrogen functional groups attached to an aromatic ring is 1. The summed E-state index contributed by atoms with van der Waals surface area (Å²) in [6.07, 6.45) is 2.15. The Kier molecular flexibility index (Phi) is 10.1. The molecule has 1 heterocycles. The molecule has 174 valence electrons. The summed E-state index contributed by atoms with van der Waals surface area (Å²) in [4.78, 5) is 4.23. The van der Waals surface area contributed by atoms with Gasteiger partial charge < -0.3 is 16.4 Å². The first-order valence-electron chi connectivity index (χ1n) is 10.6. The van der Waals surface area contributed by atoms with Crippen LogP contribution in [0.5, 0.6) is 0 Å². The van der Waals surface area contributed by atoms with Gasteiger partial charge in [-0.2, -0.15) is 10.4 Å². The van der Waals surface area contributed by atoms with Gasteiger partial charge in [0.2, 0.25) is 0 Å². The van der Waals surface area contributed by atoms with Crippen LogP contribution in [0.3, 0.4) is 0 Å². The Morgan fingerprint density at radius 2 is 1.88 bits per heavy atom. The molecule has 0 spiro atoms. The number of hydrogen-bond donors (Lipinski definition) is 3. The lowest BCUT2D eigenvalue weighted by molar-refractivity contribution is 0.625. The van der Waals surface area contributed by atoms with Gasteiger partial charge in [-0.25, -0.2) is 9.07 Å². The zero-order chi connectivity index (χ0) is 22.9. The number of nitrogens with two attached hydrogens (primary N) is 1. The number of rotatable bonds is 8. The van der Waals surface area contributed by atoms with E-state index < -0.39 is 0 Å². The standard InChI is InChI=1S/C24H28FN7.HI/c1-17-15-19(25)11-10-18(17)12-14-30-24(28-2)29-13-6-9-22-21(16-26)23(27)32(31-22)20-7-4-3-5-8-20;/h3-5,7-8,10-11,15H,6,9,12-14,27H2,1-2H3,(H2,28,29,30);1H. The molecule has 7 nitrogen and oxygen atoms in total. The third kappa shape index (κ3) is 6.92. The average molecular weight is 561 g/mol. The second kappa shape index (κ2) is 12.8. The van der Waals surface area contributed by atoms with Crippen molar-refractivity contribution in [3.63, 3.8) is 0 Å². The molecule has 3 aromatic rings. The third-order valence-corrected chi connectivity index (χ3v) is 5.20. The maximum atomic E-state index is 13.2. The summed E-state index contributed by atoms with van der Waals surface area (Å²) in [5, 5.41) is 20.6. The van der Waals surface area contributed by atoms with Crippen molar-refractivity contribution < 1.29 is 4.39 Å². The Bertz CT molecular complexity index is 1120. The minimum atomic E-state index is -0.216. The molecular weight excluding hydrogens is 532 g/mol. The highest BCUT2D eigenvalue weighted by Crippen LogP contribution is 2.21. The summed E-state index contributed by atoms with van der Waals surface area (Å²) < 4.78 is 14.8. The minimum absolute atomic E-state index is 0. The average Bonchev–Trinajstić information content (AvgIpc) is 3.12. The molecule has 3 rings (SSSR count). The van der Waals surface area contributed by atoms with Crippen LogP contribution >= 0.6 is 24.0 Å². The van der Waals surface area contributed by atoms with Gasteiger partial charge in [0.1, 0.15) is 23.3 Å². The molecule has 9 heteroatoms. The topological polar surface area (TPSA) is 104 Å². The maximum Gasteiger partial charge on any atom is 0.190 e. The predicted molar refractivity (Wildman–Crippen MR) is 141 cm³/mol. The van der Waals surface area contributed by atoms with Crippen molar-refractivity contribution in [2.24, 2.45) is 4.99 Å². The number of nitriles is 1. The van der Waals surface area contributed by atoms with E-state index in [0.29, 0.717) is 42.5 Å². The van der Waals surface area contributed by atoms with Gasteiger partial charge in [0, 0.05) is 20.1 Å². The number of benzene rings is 2. The highest BCUT2D eigenvalue weighted by Gasteiger charge is 2.16. The van der Waals surface area contributed by atoms with Crippen molar-refractivity contribution in [1.82, 2.24) is 20.4 Å². The van der Waals surface area contributed by atoms with E-state index in [-0.39, 0.29) is 29.8 Å². The molecule has 0 radical (unpaired) electrons. The molecule has 0 saturated carbocycles. The van der Waals surface area contributed by atoms with Gasteiger partial charge in [0.05, 0.1) is 11.4 Å². The summed E-state index contributed by atoms with van der Waals surface area (Å²) in [7, 11) is 1.72. The molecular formula is C24H29FIN7. The molecule has 0 saturated heterocycles. The fourth-order valence-corrected chi connectivity index (χ4v) is 3.48. The second-order valence-corrected chi connectivity index (χ2v) is 7.42. The fraction of sp³-hybridized carbons (Fsp3) is 0.292. The number of nitrogens with zero attached hydrogens (tertiary/aromatic N) is 4. The van der Waals surface area contributed by atoms with E-state index in [1.54, 1.807) is 17.8 Å². The third-order valence-electron chi connectivity index (χ3n) is 5.20. The van der Waals surface area contributed by atoms with Crippen LogP contribution in [-0.2, 0) is 12.8 Å². The number of aryl methyl sites for hydroxylation is 2. The van der Waals surface area contributed by atoms with Crippen molar-refractivity contribution in [2.75, 3.05) is 25.9 Å². The summed E-state index contributed by atoms with van der Waals surface area (Å²) in [6.45, 7) is 3.26. The number of hydrogen-bond acceptors (Lipinski definition) is 4. The van der Waals surface area contributed by atoms with E-state index in [1.807, 2.05) is 43.3 Å². The molecule has 0 atom stereocenters. The van der Waals surface area contributed by atoms with Crippen LogP contribution in [0.1, 0.15) is 28.8 Å². The molecule has 2 aromatic carbocycles. The zero-order valence-corrected chi connectivity index (χ0v) is 21.1. The van der Waals surface area contributed by atoms with Crippen molar-refractivity contribution in [3.05, 3.63) is 76.7 Å². The summed E-state index contributed by atoms with van der Waals surface area (Å²) in [5.74, 6) is 0.835. The molecule has 0 aliphatic heterocycles. The number of halogens is 2. The van der Waals surface area contributed by atoms with Gasteiger partial charge in [0.25, 0.3) is 0 Å². The molecule has 4 N–H and O–H groups in total. The summed E-state index contributed by atoms with van der Waals surface area (Å²) in [6, 6.07) is 16.6. The normalized spacial score (nSPS) is 10.9. The van der Waals surface area contributed by atoms with Crippen molar-refractivity contribution >= 4 is 35.8 Å². The van der Waals surface area contributed by atoms with Crippen LogP contribution in [0.4, 0.5) is 10.2 Å². The van der Waals surface area contributed by atoms with Crippen LogP contribution in [0, 0.1) is 24.1 Å². The maximum absolute atomic E-state index is 13.2. The molecule has 1 aromatic heterocycles. The first-order chi connectivity index (χ1) is 15.5. The monoisotopic (exact) mass is 561 g/mol. The van der Waals surface area contributed by atoms with Crippen LogP contribution in [0.2, 0.25) is 0 Å². The summed E-state index contributed by atoms with van der Waals surface area (Å²) in [5.41, 5.74) is 10.1. The Morgan fingerprint density at radius 3 is 2.55 bits per heavy atom. The predicted octanol–water partition coefficient (Wildman–Crippen LogP) is 3.73. The number of para-hydroxylation sites is 1. The quantitative estimate of drug-likeness (QED) is 0.168. The van der Waals surface area contributed by atoms with Crippen LogP contribution < -0.4 is 16.4 Å². The fourth-order valence-electron chi connectivity index (χ4n) is 3.48. The lowest BCUT2D eigenvalue weighted by atomic mass is 10.1. The lowest BCUT2D eigenvalue weighted by Crippen LogP contribution is -2.38. The zero-order valence-electron chi connectivity index (χ0n) is 18.8. The number of aromatic nitrogens is 2. The number of anilines is 1. The van der Waals surface area contributed by atoms with Gasteiger partial charge in [-0.3, -0.25) is 4.99 Å². The highest BCUT2D eigenvalue weighted by atomic mass is 127. The molecule has 33 heavy (non-hydrogen) atoms. The van der Waals surface area contributed by atoms with E-state index in [4.69, 9.17) is 5.73 Å². The number of guanidine groups is 1. The highest BCUT2D eigenvalue weighted by molar-refractivity contribution is 14.0. The SMILES string of the molecule is CN=C(NCCCc1nn(-c2ccccc2)c(N)c1C#N)NCCc1ccc(F)cc1C.I. The molecule has 0 unspecified atom stereocenters. The molecule has 0 aliphatic rings. The van der Waals surface area contributed by atoms with E-state index in [9.17, 15) is 9.65 Å². The number of aliphatic imine (C=N–C) groups is 1. The van der Waals surface area contributed by atoms with Gasteiger partial charge in [-0.15, -0.1) is 24.0 Å². The Labute approximate surface area is 210 Å². The Hall–Kier alpha value is -3.13. The van der Waals surface area contributed by atoms with Crippen molar-refractivity contribution in [2.45, 2.75) is 26.2 Å². The minimum Gasteiger partial charge on any atom is -0.382 e. The molecule has 0 aliphatic carbocycles. The van der Waals surface area contributed by atoms with Crippen molar-refractivity contribution in [1.29, 1.82) is 5.26 Å².